The molecule has 0 radical (unpaired) electrons. The standard InChI is InChI=1S/C22H22ClFN2O3/c1-14-9-18(26(25-14)21-12-17(23)5-8-22(21)29-2)6-7-19(28)10-15-3-4-16(13-27)20(24)11-15/h3-5,8-9,11-12,27H,6-7,10,13H2,1-2H3. The second-order valence-corrected chi connectivity index (χ2v) is 7.24. The van der Waals surface area contributed by atoms with Gasteiger partial charge in [0.05, 0.1) is 19.4 Å². The third kappa shape index (κ3) is 5.02. The Kier molecular flexibility index (Phi) is 6.67. The fraction of sp³-hybridized carbons (Fsp3) is 0.273. The summed E-state index contributed by atoms with van der Waals surface area (Å²) in [5, 5.41) is 14.1. The highest BCUT2D eigenvalue weighted by Crippen LogP contribution is 2.28. The van der Waals surface area contributed by atoms with Gasteiger partial charge in [0.15, 0.2) is 0 Å². The largest absolute Gasteiger partial charge is 0.494 e. The molecule has 0 fully saturated rings. The van der Waals surface area contributed by atoms with Crippen molar-refractivity contribution in [3.63, 3.8) is 0 Å². The fourth-order valence-electron chi connectivity index (χ4n) is 3.18. The molecule has 3 aromatic rings. The molecule has 152 valence electrons. The van der Waals surface area contributed by atoms with Crippen molar-refractivity contribution in [3.05, 3.63) is 75.8 Å². The highest BCUT2D eigenvalue weighted by Gasteiger charge is 2.15. The van der Waals surface area contributed by atoms with E-state index < -0.39 is 5.82 Å². The number of rotatable bonds is 8. The molecule has 0 aliphatic rings. The number of carbonyl (C=O) groups is 1. The molecule has 0 amide bonds. The zero-order valence-electron chi connectivity index (χ0n) is 16.3. The first-order chi connectivity index (χ1) is 13.9. The molecule has 0 unspecified atom stereocenters. The number of hydrogen-bond donors (Lipinski definition) is 1. The number of carbonyl (C=O) groups excluding carboxylic acids is 1. The lowest BCUT2D eigenvalue weighted by molar-refractivity contribution is -0.118. The predicted octanol–water partition coefficient (Wildman–Crippen LogP) is 4.22. The van der Waals surface area contributed by atoms with Crippen molar-refractivity contribution in [1.29, 1.82) is 0 Å². The molecule has 5 nitrogen and oxygen atoms in total. The normalized spacial score (nSPS) is 10.9. The molecule has 0 aliphatic carbocycles. The van der Waals surface area contributed by atoms with E-state index in [1.165, 1.54) is 12.1 Å². The van der Waals surface area contributed by atoms with Gasteiger partial charge in [-0.05, 0) is 49.2 Å². The monoisotopic (exact) mass is 416 g/mol. The number of hydrogen-bond acceptors (Lipinski definition) is 4. The van der Waals surface area contributed by atoms with Crippen LogP contribution in [0.25, 0.3) is 5.69 Å². The van der Waals surface area contributed by atoms with Crippen LogP contribution >= 0.6 is 11.6 Å². The molecule has 7 heteroatoms. The Morgan fingerprint density at radius 3 is 2.72 bits per heavy atom. The predicted molar refractivity (Wildman–Crippen MR) is 109 cm³/mol. The first kappa shape index (κ1) is 21.0. The maximum Gasteiger partial charge on any atom is 0.144 e. The lowest BCUT2D eigenvalue weighted by Gasteiger charge is -2.12. The first-order valence-electron chi connectivity index (χ1n) is 9.20. The number of methoxy groups -OCH3 is 1. The smallest absolute Gasteiger partial charge is 0.144 e. The lowest BCUT2D eigenvalue weighted by Crippen LogP contribution is -2.09. The molecule has 0 saturated heterocycles. The van der Waals surface area contributed by atoms with Crippen LogP contribution in [0.1, 0.15) is 28.9 Å². The van der Waals surface area contributed by atoms with Crippen LogP contribution in [0.4, 0.5) is 4.39 Å². The number of aliphatic hydroxyl groups is 1. The van der Waals surface area contributed by atoms with Crippen molar-refractivity contribution in [2.45, 2.75) is 32.8 Å². The van der Waals surface area contributed by atoms with Crippen molar-refractivity contribution in [2.75, 3.05) is 7.11 Å². The van der Waals surface area contributed by atoms with Gasteiger partial charge in [-0.1, -0.05) is 23.7 Å². The quantitative estimate of drug-likeness (QED) is 0.597. The van der Waals surface area contributed by atoms with Crippen molar-refractivity contribution in [2.24, 2.45) is 0 Å². The summed E-state index contributed by atoms with van der Waals surface area (Å²) < 4.78 is 20.9. The van der Waals surface area contributed by atoms with E-state index in [1.54, 1.807) is 36.1 Å². The number of nitrogens with zero attached hydrogens (tertiary/aromatic N) is 2. The molecule has 0 bridgehead atoms. The molecule has 3 rings (SSSR count). The maximum atomic E-state index is 13.8. The Morgan fingerprint density at radius 2 is 2.03 bits per heavy atom. The molecule has 29 heavy (non-hydrogen) atoms. The number of halogens is 2. The zero-order chi connectivity index (χ0) is 21.0. The Labute approximate surface area is 173 Å². The number of aromatic nitrogens is 2. The van der Waals surface area contributed by atoms with E-state index in [0.29, 0.717) is 28.4 Å². The number of aliphatic hydroxyl groups excluding tert-OH is 1. The van der Waals surface area contributed by atoms with Gasteiger partial charge in [0.25, 0.3) is 0 Å². The molecular weight excluding hydrogens is 395 g/mol. The van der Waals surface area contributed by atoms with E-state index in [4.69, 9.17) is 21.4 Å². The molecular formula is C22H22ClFN2O3. The average Bonchev–Trinajstić information content (AvgIpc) is 3.07. The van der Waals surface area contributed by atoms with Gasteiger partial charge < -0.3 is 9.84 Å². The number of aryl methyl sites for hydroxylation is 2. The molecule has 0 aliphatic heterocycles. The minimum absolute atomic E-state index is 0.00962. The highest BCUT2D eigenvalue weighted by molar-refractivity contribution is 6.30. The van der Waals surface area contributed by atoms with E-state index in [2.05, 4.69) is 5.10 Å². The van der Waals surface area contributed by atoms with Crippen molar-refractivity contribution < 1.29 is 19.0 Å². The number of benzene rings is 2. The Balaban J connectivity index is 1.74. The van der Waals surface area contributed by atoms with Gasteiger partial charge in [0.1, 0.15) is 23.0 Å². The lowest BCUT2D eigenvalue weighted by atomic mass is 10.0. The number of ether oxygens (including phenoxy) is 1. The van der Waals surface area contributed by atoms with Crippen LogP contribution in [0.3, 0.4) is 0 Å². The Hall–Kier alpha value is -2.70. The van der Waals surface area contributed by atoms with E-state index >= 15 is 0 Å². The molecule has 2 aromatic carbocycles. The van der Waals surface area contributed by atoms with Gasteiger partial charge in [-0.3, -0.25) is 4.79 Å². The zero-order valence-corrected chi connectivity index (χ0v) is 17.0. The Morgan fingerprint density at radius 1 is 1.24 bits per heavy atom. The summed E-state index contributed by atoms with van der Waals surface area (Å²) in [6.07, 6.45) is 0.903. The molecule has 0 saturated carbocycles. The summed E-state index contributed by atoms with van der Waals surface area (Å²) in [6.45, 7) is 1.51. The minimum atomic E-state index is -0.500. The van der Waals surface area contributed by atoms with Crippen LogP contribution in [0.15, 0.2) is 42.5 Å². The van der Waals surface area contributed by atoms with E-state index in [0.717, 1.165) is 11.4 Å². The topological polar surface area (TPSA) is 64.4 Å². The van der Waals surface area contributed by atoms with E-state index in [9.17, 15) is 9.18 Å². The second kappa shape index (κ2) is 9.20. The molecule has 1 aromatic heterocycles. The van der Waals surface area contributed by atoms with Gasteiger partial charge >= 0.3 is 0 Å². The summed E-state index contributed by atoms with van der Waals surface area (Å²) >= 11 is 6.14. The molecule has 1 heterocycles. The maximum absolute atomic E-state index is 13.8. The summed E-state index contributed by atoms with van der Waals surface area (Å²) in [7, 11) is 1.58. The Bertz CT molecular complexity index is 1030. The van der Waals surface area contributed by atoms with E-state index in [-0.39, 0.29) is 30.8 Å². The van der Waals surface area contributed by atoms with Crippen LogP contribution in [0.5, 0.6) is 5.75 Å². The summed E-state index contributed by atoms with van der Waals surface area (Å²) in [5.74, 6) is 0.119. The third-order valence-corrected chi connectivity index (χ3v) is 4.86. The van der Waals surface area contributed by atoms with Crippen LogP contribution in [-0.2, 0) is 24.2 Å². The fourth-order valence-corrected chi connectivity index (χ4v) is 3.35. The molecule has 0 spiro atoms. The van der Waals surface area contributed by atoms with Crippen LogP contribution in [0.2, 0.25) is 5.02 Å². The van der Waals surface area contributed by atoms with Crippen molar-refractivity contribution in [1.82, 2.24) is 9.78 Å². The molecule has 1 N–H and O–H groups in total. The van der Waals surface area contributed by atoms with Gasteiger partial charge in [-0.15, -0.1) is 0 Å². The molecule has 0 atom stereocenters. The highest BCUT2D eigenvalue weighted by atomic mass is 35.5. The summed E-state index contributed by atoms with van der Waals surface area (Å²) in [4.78, 5) is 12.4. The van der Waals surface area contributed by atoms with Crippen LogP contribution in [0, 0.1) is 12.7 Å². The van der Waals surface area contributed by atoms with Gasteiger partial charge in [-0.2, -0.15) is 5.10 Å². The average molecular weight is 417 g/mol. The van der Waals surface area contributed by atoms with Crippen molar-refractivity contribution in [3.8, 4) is 11.4 Å². The third-order valence-electron chi connectivity index (χ3n) is 4.62. The summed E-state index contributed by atoms with van der Waals surface area (Å²) in [6, 6.07) is 11.7. The van der Waals surface area contributed by atoms with Crippen LogP contribution in [-0.4, -0.2) is 27.8 Å². The minimum Gasteiger partial charge on any atom is -0.494 e. The second-order valence-electron chi connectivity index (χ2n) is 6.80. The van der Waals surface area contributed by atoms with Crippen LogP contribution < -0.4 is 4.74 Å². The SMILES string of the molecule is COc1ccc(Cl)cc1-n1nc(C)cc1CCC(=O)Cc1ccc(CO)c(F)c1. The van der Waals surface area contributed by atoms with Gasteiger partial charge in [-0.25, -0.2) is 9.07 Å². The van der Waals surface area contributed by atoms with Gasteiger partial charge in [0, 0.05) is 29.1 Å². The number of ketones is 1. The number of Topliss-reactive ketones (excluding diaryl/α,β-unsaturated/α-hetero) is 1. The summed E-state index contributed by atoms with van der Waals surface area (Å²) in [5.41, 5.74) is 3.19. The van der Waals surface area contributed by atoms with Crippen molar-refractivity contribution >= 4 is 17.4 Å². The van der Waals surface area contributed by atoms with Gasteiger partial charge in [0.2, 0.25) is 0 Å². The first-order valence-corrected chi connectivity index (χ1v) is 9.58. The van der Waals surface area contributed by atoms with E-state index in [1.807, 2.05) is 13.0 Å².